The molecule has 2 atom stereocenters. The van der Waals surface area contributed by atoms with Crippen LogP contribution in [-0.4, -0.2) is 22.1 Å². The summed E-state index contributed by atoms with van der Waals surface area (Å²) in [5.74, 6) is 0.0434. The summed E-state index contributed by atoms with van der Waals surface area (Å²) in [6.45, 7) is 4.35. The van der Waals surface area contributed by atoms with Crippen LogP contribution in [0.25, 0.3) is 0 Å². The molecule has 0 aliphatic rings. The van der Waals surface area contributed by atoms with Crippen molar-refractivity contribution in [3.05, 3.63) is 24.0 Å². The van der Waals surface area contributed by atoms with Gasteiger partial charge in [-0.05, 0) is 18.1 Å². The minimum Gasteiger partial charge on any atom is -0.349 e. The van der Waals surface area contributed by atoms with E-state index in [9.17, 15) is 4.79 Å². The van der Waals surface area contributed by atoms with Gasteiger partial charge in [0.1, 0.15) is 0 Å². The van der Waals surface area contributed by atoms with Gasteiger partial charge < -0.3 is 11.1 Å². The smallest absolute Gasteiger partial charge is 0.237 e. The molecular formula is C11H18N4O. The van der Waals surface area contributed by atoms with Gasteiger partial charge in [0.25, 0.3) is 0 Å². The highest BCUT2D eigenvalue weighted by molar-refractivity contribution is 5.81. The summed E-state index contributed by atoms with van der Waals surface area (Å²) in [5, 5.41) is 10.3. The van der Waals surface area contributed by atoms with Gasteiger partial charge in [-0.1, -0.05) is 20.3 Å². The molecule has 1 rings (SSSR count). The zero-order chi connectivity index (χ0) is 12.0. The van der Waals surface area contributed by atoms with E-state index >= 15 is 0 Å². The summed E-state index contributed by atoms with van der Waals surface area (Å²) < 4.78 is 0. The summed E-state index contributed by atoms with van der Waals surface area (Å²) >= 11 is 0. The molecule has 0 saturated carbocycles. The second-order valence-corrected chi connectivity index (χ2v) is 3.84. The maximum absolute atomic E-state index is 11.6. The van der Waals surface area contributed by atoms with Gasteiger partial charge in [0.2, 0.25) is 5.91 Å². The Morgan fingerprint density at radius 2 is 2.38 bits per heavy atom. The van der Waals surface area contributed by atoms with E-state index in [1.807, 2.05) is 19.9 Å². The Morgan fingerprint density at radius 1 is 1.62 bits per heavy atom. The summed E-state index contributed by atoms with van der Waals surface area (Å²) in [5.41, 5.74) is 6.52. The van der Waals surface area contributed by atoms with Crippen molar-refractivity contribution in [2.24, 2.45) is 11.7 Å². The Hall–Kier alpha value is -1.49. The maximum atomic E-state index is 11.6. The van der Waals surface area contributed by atoms with Gasteiger partial charge in [-0.2, -0.15) is 10.2 Å². The SMILES string of the molecule is CC[C@H](C)[C@H](N)C(=O)NCc1cccnn1. The minimum atomic E-state index is -0.457. The Labute approximate surface area is 95.4 Å². The topological polar surface area (TPSA) is 80.9 Å². The largest absolute Gasteiger partial charge is 0.349 e. The van der Waals surface area contributed by atoms with Gasteiger partial charge in [0, 0.05) is 6.20 Å². The minimum absolute atomic E-state index is 0.139. The van der Waals surface area contributed by atoms with Crippen molar-refractivity contribution in [2.45, 2.75) is 32.9 Å². The van der Waals surface area contributed by atoms with Crippen LogP contribution in [0, 0.1) is 5.92 Å². The number of amides is 1. The molecule has 0 saturated heterocycles. The number of carbonyl (C=O) groups is 1. The van der Waals surface area contributed by atoms with Crippen LogP contribution in [0.4, 0.5) is 0 Å². The van der Waals surface area contributed by atoms with Gasteiger partial charge in [0.05, 0.1) is 18.3 Å². The van der Waals surface area contributed by atoms with Crippen LogP contribution in [0.5, 0.6) is 0 Å². The number of hydrogen-bond acceptors (Lipinski definition) is 4. The highest BCUT2D eigenvalue weighted by atomic mass is 16.2. The fraction of sp³-hybridized carbons (Fsp3) is 0.545. The van der Waals surface area contributed by atoms with Crippen molar-refractivity contribution in [3.8, 4) is 0 Å². The molecule has 5 heteroatoms. The number of nitrogens with zero attached hydrogens (tertiary/aromatic N) is 2. The van der Waals surface area contributed by atoms with Crippen molar-refractivity contribution in [3.63, 3.8) is 0 Å². The molecule has 1 aromatic heterocycles. The molecule has 0 radical (unpaired) electrons. The van der Waals surface area contributed by atoms with Crippen LogP contribution in [0.15, 0.2) is 18.3 Å². The molecule has 3 N–H and O–H groups in total. The van der Waals surface area contributed by atoms with Gasteiger partial charge >= 0.3 is 0 Å². The van der Waals surface area contributed by atoms with Crippen molar-refractivity contribution in [1.82, 2.24) is 15.5 Å². The molecule has 1 heterocycles. The highest BCUT2D eigenvalue weighted by Crippen LogP contribution is 2.05. The number of aromatic nitrogens is 2. The fourth-order valence-electron chi connectivity index (χ4n) is 1.24. The lowest BCUT2D eigenvalue weighted by Crippen LogP contribution is -2.44. The molecule has 0 aromatic carbocycles. The number of hydrogen-bond donors (Lipinski definition) is 2. The van der Waals surface area contributed by atoms with E-state index in [-0.39, 0.29) is 11.8 Å². The predicted molar refractivity (Wildman–Crippen MR) is 61.3 cm³/mol. The van der Waals surface area contributed by atoms with Crippen LogP contribution < -0.4 is 11.1 Å². The Balaban J connectivity index is 2.41. The fourth-order valence-corrected chi connectivity index (χ4v) is 1.24. The lowest BCUT2D eigenvalue weighted by atomic mass is 9.99. The number of nitrogens with two attached hydrogens (primary N) is 1. The molecule has 0 fully saturated rings. The number of rotatable bonds is 5. The third-order valence-corrected chi connectivity index (χ3v) is 2.63. The molecular weight excluding hydrogens is 204 g/mol. The van der Waals surface area contributed by atoms with E-state index in [2.05, 4.69) is 15.5 Å². The molecule has 0 aliphatic heterocycles. The van der Waals surface area contributed by atoms with E-state index in [1.54, 1.807) is 12.3 Å². The predicted octanol–water partition coefficient (Wildman–Crippen LogP) is 0.466. The molecule has 5 nitrogen and oxygen atoms in total. The van der Waals surface area contributed by atoms with Crippen molar-refractivity contribution in [1.29, 1.82) is 0 Å². The average Bonchev–Trinajstić information content (AvgIpc) is 2.35. The molecule has 0 unspecified atom stereocenters. The van der Waals surface area contributed by atoms with E-state index in [0.717, 1.165) is 12.1 Å². The summed E-state index contributed by atoms with van der Waals surface area (Å²) in [7, 11) is 0. The number of nitrogens with one attached hydrogen (secondary N) is 1. The van der Waals surface area contributed by atoms with Crippen LogP contribution >= 0.6 is 0 Å². The van der Waals surface area contributed by atoms with Crippen molar-refractivity contribution < 1.29 is 4.79 Å². The first-order valence-corrected chi connectivity index (χ1v) is 5.45. The lowest BCUT2D eigenvalue weighted by Gasteiger charge is -2.17. The van der Waals surface area contributed by atoms with E-state index in [4.69, 9.17) is 5.73 Å². The monoisotopic (exact) mass is 222 g/mol. The standard InChI is InChI=1S/C11H18N4O/c1-3-8(2)10(12)11(16)13-7-9-5-4-6-14-15-9/h4-6,8,10H,3,7,12H2,1-2H3,(H,13,16)/t8-,10-/m0/s1. The van der Waals surface area contributed by atoms with E-state index in [1.165, 1.54) is 0 Å². The quantitative estimate of drug-likeness (QED) is 0.758. The highest BCUT2D eigenvalue weighted by Gasteiger charge is 2.18. The molecule has 1 aromatic rings. The Bertz CT molecular complexity index is 328. The molecule has 0 bridgehead atoms. The van der Waals surface area contributed by atoms with Gasteiger partial charge in [-0.25, -0.2) is 0 Å². The zero-order valence-corrected chi connectivity index (χ0v) is 9.68. The normalized spacial score (nSPS) is 14.2. The van der Waals surface area contributed by atoms with Crippen molar-refractivity contribution in [2.75, 3.05) is 0 Å². The lowest BCUT2D eigenvalue weighted by molar-refractivity contribution is -0.123. The second-order valence-electron chi connectivity index (χ2n) is 3.84. The van der Waals surface area contributed by atoms with Crippen LogP contribution in [0.2, 0.25) is 0 Å². The van der Waals surface area contributed by atoms with Crippen molar-refractivity contribution >= 4 is 5.91 Å². The molecule has 1 amide bonds. The first kappa shape index (κ1) is 12.6. The molecule has 0 spiro atoms. The molecule has 0 aliphatic carbocycles. The molecule has 88 valence electrons. The molecule has 16 heavy (non-hydrogen) atoms. The van der Waals surface area contributed by atoms with E-state index in [0.29, 0.717) is 6.54 Å². The van der Waals surface area contributed by atoms with Crippen LogP contribution in [0.3, 0.4) is 0 Å². The summed E-state index contributed by atoms with van der Waals surface area (Å²) in [6, 6.07) is 3.13. The third-order valence-electron chi connectivity index (χ3n) is 2.63. The average molecular weight is 222 g/mol. The number of carbonyl (C=O) groups excluding carboxylic acids is 1. The zero-order valence-electron chi connectivity index (χ0n) is 9.68. The Kier molecular flexibility index (Phi) is 4.85. The summed E-state index contributed by atoms with van der Waals surface area (Å²) in [4.78, 5) is 11.6. The van der Waals surface area contributed by atoms with Crippen LogP contribution in [0.1, 0.15) is 26.0 Å². The first-order valence-electron chi connectivity index (χ1n) is 5.45. The van der Waals surface area contributed by atoms with Gasteiger partial charge in [0.15, 0.2) is 0 Å². The third kappa shape index (κ3) is 3.58. The van der Waals surface area contributed by atoms with Gasteiger partial charge in [-0.15, -0.1) is 0 Å². The maximum Gasteiger partial charge on any atom is 0.237 e. The first-order chi connectivity index (χ1) is 7.65. The van der Waals surface area contributed by atoms with Crippen LogP contribution in [-0.2, 0) is 11.3 Å². The summed E-state index contributed by atoms with van der Waals surface area (Å²) in [6.07, 6.45) is 2.48. The van der Waals surface area contributed by atoms with E-state index < -0.39 is 6.04 Å². The second kappa shape index (κ2) is 6.17. The Morgan fingerprint density at radius 3 is 2.94 bits per heavy atom. The van der Waals surface area contributed by atoms with Gasteiger partial charge in [-0.3, -0.25) is 4.79 Å².